The molecule has 0 spiro atoms. The summed E-state index contributed by atoms with van der Waals surface area (Å²) in [6.07, 6.45) is 1.79. The molecular formula is C24H31ClN2O3. The molecule has 2 aromatic carbocycles. The number of rotatable bonds is 7. The van der Waals surface area contributed by atoms with Crippen molar-refractivity contribution in [2.75, 3.05) is 20.1 Å². The molecule has 2 aromatic rings. The van der Waals surface area contributed by atoms with Crippen LogP contribution in [0.3, 0.4) is 0 Å². The molecule has 1 aliphatic heterocycles. The SMILES string of the molecule is Cc1cc(OC(C)C(=O)NCc2ccc(OC3CCN(C)CC3)cc2)cc(C)c1Cl. The van der Waals surface area contributed by atoms with Gasteiger partial charge in [0.25, 0.3) is 5.91 Å². The molecule has 0 saturated carbocycles. The quantitative estimate of drug-likeness (QED) is 0.702. The minimum absolute atomic E-state index is 0.160. The van der Waals surface area contributed by atoms with Gasteiger partial charge in [-0.1, -0.05) is 23.7 Å². The summed E-state index contributed by atoms with van der Waals surface area (Å²) >= 11 is 6.19. The monoisotopic (exact) mass is 430 g/mol. The van der Waals surface area contributed by atoms with Crippen LogP contribution in [0, 0.1) is 13.8 Å². The van der Waals surface area contributed by atoms with Gasteiger partial charge in [-0.15, -0.1) is 0 Å². The number of nitrogens with zero attached hydrogens (tertiary/aromatic N) is 1. The van der Waals surface area contributed by atoms with Gasteiger partial charge in [-0.25, -0.2) is 0 Å². The van der Waals surface area contributed by atoms with Gasteiger partial charge in [0.15, 0.2) is 6.10 Å². The fraction of sp³-hybridized carbons (Fsp3) is 0.458. The normalized spacial score (nSPS) is 16.2. The summed E-state index contributed by atoms with van der Waals surface area (Å²) in [6, 6.07) is 11.6. The highest BCUT2D eigenvalue weighted by molar-refractivity contribution is 6.32. The lowest BCUT2D eigenvalue weighted by molar-refractivity contribution is -0.127. The van der Waals surface area contributed by atoms with E-state index in [9.17, 15) is 4.79 Å². The Kier molecular flexibility index (Phi) is 7.62. The molecular weight excluding hydrogens is 400 g/mol. The molecule has 162 valence electrons. The second kappa shape index (κ2) is 10.2. The Morgan fingerprint density at radius 1 is 1.13 bits per heavy atom. The molecule has 0 radical (unpaired) electrons. The van der Waals surface area contributed by atoms with Crippen molar-refractivity contribution in [3.63, 3.8) is 0 Å². The van der Waals surface area contributed by atoms with Crippen LogP contribution >= 0.6 is 11.6 Å². The Morgan fingerprint density at radius 2 is 1.73 bits per heavy atom. The average Bonchev–Trinajstić information content (AvgIpc) is 2.72. The van der Waals surface area contributed by atoms with Gasteiger partial charge >= 0.3 is 0 Å². The molecule has 1 unspecified atom stereocenters. The van der Waals surface area contributed by atoms with E-state index >= 15 is 0 Å². The molecule has 30 heavy (non-hydrogen) atoms. The van der Waals surface area contributed by atoms with Gasteiger partial charge in [0.1, 0.15) is 17.6 Å². The Morgan fingerprint density at radius 3 is 2.33 bits per heavy atom. The second-order valence-electron chi connectivity index (χ2n) is 8.11. The standard InChI is InChI=1S/C24H31ClN2O3/c1-16-13-22(14-17(2)23(16)25)29-18(3)24(28)26-15-19-5-7-20(8-6-19)30-21-9-11-27(4)12-10-21/h5-8,13-14,18,21H,9-12,15H2,1-4H3,(H,26,28). The van der Waals surface area contributed by atoms with Gasteiger partial charge in [0.2, 0.25) is 0 Å². The second-order valence-corrected chi connectivity index (χ2v) is 8.49. The van der Waals surface area contributed by atoms with Crippen molar-refractivity contribution in [2.24, 2.45) is 0 Å². The van der Waals surface area contributed by atoms with Crippen LogP contribution in [-0.2, 0) is 11.3 Å². The smallest absolute Gasteiger partial charge is 0.261 e. The van der Waals surface area contributed by atoms with Crippen molar-refractivity contribution >= 4 is 17.5 Å². The molecule has 0 aliphatic carbocycles. The summed E-state index contributed by atoms with van der Waals surface area (Å²) in [5, 5.41) is 3.65. The average molecular weight is 431 g/mol. The van der Waals surface area contributed by atoms with Crippen LogP contribution in [-0.4, -0.2) is 43.2 Å². The zero-order valence-corrected chi connectivity index (χ0v) is 19.0. The predicted molar refractivity (Wildman–Crippen MR) is 120 cm³/mol. The first-order valence-corrected chi connectivity index (χ1v) is 10.8. The first-order valence-electron chi connectivity index (χ1n) is 10.5. The van der Waals surface area contributed by atoms with E-state index < -0.39 is 6.10 Å². The molecule has 1 amide bonds. The summed E-state index contributed by atoms with van der Waals surface area (Å²) in [7, 11) is 2.14. The van der Waals surface area contributed by atoms with Crippen LogP contribution in [0.1, 0.15) is 36.5 Å². The zero-order valence-electron chi connectivity index (χ0n) is 18.2. The number of nitrogens with one attached hydrogen (secondary N) is 1. The number of halogens is 1. The summed E-state index contributed by atoms with van der Waals surface area (Å²) in [5.41, 5.74) is 2.88. The number of piperidine rings is 1. The van der Waals surface area contributed by atoms with Crippen molar-refractivity contribution < 1.29 is 14.3 Å². The third kappa shape index (κ3) is 6.13. The molecule has 5 nitrogen and oxygen atoms in total. The largest absolute Gasteiger partial charge is 0.490 e. The Labute approximate surface area is 184 Å². The Hall–Kier alpha value is -2.24. The molecule has 1 aliphatic rings. The lowest BCUT2D eigenvalue weighted by atomic mass is 10.1. The highest BCUT2D eigenvalue weighted by atomic mass is 35.5. The number of hydrogen-bond acceptors (Lipinski definition) is 4. The van der Waals surface area contributed by atoms with E-state index in [4.69, 9.17) is 21.1 Å². The summed E-state index contributed by atoms with van der Waals surface area (Å²) in [5.74, 6) is 1.36. The molecule has 0 bridgehead atoms. The topological polar surface area (TPSA) is 50.8 Å². The number of ether oxygens (including phenoxy) is 2. The van der Waals surface area contributed by atoms with Crippen LogP contribution in [0.15, 0.2) is 36.4 Å². The van der Waals surface area contributed by atoms with Crippen LogP contribution < -0.4 is 14.8 Å². The first kappa shape index (κ1) is 22.4. The molecule has 0 aromatic heterocycles. The summed E-state index contributed by atoms with van der Waals surface area (Å²) in [6.45, 7) is 8.18. The molecule has 1 atom stereocenters. The minimum atomic E-state index is -0.600. The van der Waals surface area contributed by atoms with Crippen LogP contribution in [0.25, 0.3) is 0 Å². The number of aryl methyl sites for hydroxylation is 2. The molecule has 6 heteroatoms. The van der Waals surface area contributed by atoms with Crippen LogP contribution in [0.5, 0.6) is 11.5 Å². The van der Waals surface area contributed by atoms with Crippen LogP contribution in [0.2, 0.25) is 5.02 Å². The van der Waals surface area contributed by atoms with Gasteiger partial charge in [-0.05, 0) is 81.6 Å². The van der Waals surface area contributed by atoms with Crippen molar-refractivity contribution in [1.29, 1.82) is 0 Å². The molecule has 3 rings (SSSR count). The first-order chi connectivity index (χ1) is 14.3. The highest BCUT2D eigenvalue weighted by Gasteiger charge is 2.18. The number of carbonyl (C=O) groups excluding carboxylic acids is 1. The highest BCUT2D eigenvalue weighted by Crippen LogP contribution is 2.26. The lowest BCUT2D eigenvalue weighted by Gasteiger charge is -2.29. The van der Waals surface area contributed by atoms with E-state index in [1.54, 1.807) is 6.92 Å². The number of carbonyl (C=O) groups is 1. The summed E-state index contributed by atoms with van der Waals surface area (Å²) < 4.78 is 11.9. The third-order valence-corrected chi connectivity index (χ3v) is 6.05. The fourth-order valence-corrected chi connectivity index (χ4v) is 3.65. The molecule has 1 N–H and O–H groups in total. The Bertz CT molecular complexity index is 838. The zero-order chi connectivity index (χ0) is 21.7. The third-order valence-electron chi connectivity index (χ3n) is 5.45. The predicted octanol–water partition coefficient (Wildman–Crippen LogP) is 4.51. The maximum Gasteiger partial charge on any atom is 0.261 e. The number of hydrogen-bond donors (Lipinski definition) is 1. The number of likely N-dealkylation sites (tertiary alicyclic amines) is 1. The van der Waals surface area contributed by atoms with Crippen molar-refractivity contribution in [3.05, 3.63) is 58.1 Å². The van der Waals surface area contributed by atoms with Gasteiger partial charge in [0, 0.05) is 24.7 Å². The van der Waals surface area contributed by atoms with Gasteiger partial charge in [0.05, 0.1) is 0 Å². The van der Waals surface area contributed by atoms with E-state index in [0.29, 0.717) is 12.3 Å². The van der Waals surface area contributed by atoms with Crippen molar-refractivity contribution in [1.82, 2.24) is 10.2 Å². The van der Waals surface area contributed by atoms with Crippen molar-refractivity contribution in [3.8, 4) is 11.5 Å². The van der Waals surface area contributed by atoms with Crippen LogP contribution in [0.4, 0.5) is 0 Å². The van der Waals surface area contributed by atoms with E-state index in [1.807, 2.05) is 50.2 Å². The lowest BCUT2D eigenvalue weighted by Crippen LogP contribution is -2.36. The van der Waals surface area contributed by atoms with Gasteiger partial charge in [-0.2, -0.15) is 0 Å². The van der Waals surface area contributed by atoms with E-state index in [0.717, 1.165) is 53.4 Å². The minimum Gasteiger partial charge on any atom is -0.490 e. The van der Waals surface area contributed by atoms with E-state index in [1.165, 1.54) is 0 Å². The number of amides is 1. The van der Waals surface area contributed by atoms with Gasteiger partial charge < -0.3 is 19.7 Å². The molecule has 1 heterocycles. The summed E-state index contributed by atoms with van der Waals surface area (Å²) in [4.78, 5) is 14.7. The fourth-order valence-electron chi connectivity index (χ4n) is 3.55. The van der Waals surface area contributed by atoms with Crippen molar-refractivity contribution in [2.45, 2.75) is 52.4 Å². The Balaban J connectivity index is 1.47. The molecule has 1 saturated heterocycles. The van der Waals surface area contributed by atoms with Gasteiger partial charge in [-0.3, -0.25) is 4.79 Å². The van der Waals surface area contributed by atoms with E-state index in [2.05, 4.69) is 17.3 Å². The molecule has 1 fully saturated rings. The maximum absolute atomic E-state index is 12.4. The van der Waals surface area contributed by atoms with E-state index in [-0.39, 0.29) is 12.0 Å². The number of benzene rings is 2. The maximum atomic E-state index is 12.4.